The van der Waals surface area contributed by atoms with Gasteiger partial charge in [0.25, 0.3) is 0 Å². The Morgan fingerprint density at radius 1 is 1.59 bits per heavy atom. The molecule has 0 amide bonds. The van der Waals surface area contributed by atoms with Crippen molar-refractivity contribution in [1.29, 1.82) is 0 Å². The zero-order chi connectivity index (χ0) is 12.3. The van der Waals surface area contributed by atoms with E-state index in [2.05, 4.69) is 5.32 Å². The highest BCUT2D eigenvalue weighted by atomic mass is 32.2. The second kappa shape index (κ2) is 5.60. The first-order valence-corrected chi connectivity index (χ1v) is 6.96. The molecule has 17 heavy (non-hydrogen) atoms. The molecule has 2 heterocycles. The van der Waals surface area contributed by atoms with Crippen LogP contribution in [0.1, 0.15) is 34.7 Å². The quantitative estimate of drug-likeness (QED) is 0.864. The summed E-state index contributed by atoms with van der Waals surface area (Å²) < 4.78 is 5.30. The van der Waals surface area contributed by atoms with E-state index in [1.54, 1.807) is 13.0 Å². The number of aromatic carboxylic acids is 1. The lowest BCUT2D eigenvalue weighted by atomic mass is 10.1. The molecule has 0 bridgehead atoms. The topological polar surface area (TPSA) is 62.5 Å². The smallest absolute Gasteiger partial charge is 0.372 e. The van der Waals surface area contributed by atoms with Crippen molar-refractivity contribution in [2.75, 3.05) is 11.5 Å². The number of hydrogen-bond donors (Lipinski definition) is 2. The van der Waals surface area contributed by atoms with Crippen molar-refractivity contribution in [3.63, 3.8) is 0 Å². The summed E-state index contributed by atoms with van der Waals surface area (Å²) in [5.41, 5.74) is 0.688. The van der Waals surface area contributed by atoms with Crippen molar-refractivity contribution in [1.82, 2.24) is 5.32 Å². The van der Waals surface area contributed by atoms with E-state index < -0.39 is 5.97 Å². The third-order valence-corrected chi connectivity index (χ3v) is 4.00. The maximum atomic E-state index is 10.8. The summed E-state index contributed by atoms with van der Waals surface area (Å²) in [6.07, 6.45) is 2.35. The van der Waals surface area contributed by atoms with Gasteiger partial charge in [0.15, 0.2) is 0 Å². The van der Waals surface area contributed by atoms with E-state index in [-0.39, 0.29) is 5.76 Å². The number of hydrogen-bond acceptors (Lipinski definition) is 4. The predicted octanol–water partition coefficient (Wildman–Crippen LogP) is 2.27. The van der Waals surface area contributed by atoms with E-state index in [9.17, 15) is 4.79 Å². The number of carboxylic acids is 1. The molecule has 0 saturated carbocycles. The van der Waals surface area contributed by atoms with Gasteiger partial charge in [0.2, 0.25) is 5.76 Å². The number of furan rings is 1. The van der Waals surface area contributed by atoms with Gasteiger partial charge in [0.05, 0.1) is 6.54 Å². The van der Waals surface area contributed by atoms with Gasteiger partial charge in [-0.1, -0.05) is 0 Å². The molecule has 2 N–H and O–H groups in total. The Morgan fingerprint density at radius 2 is 2.29 bits per heavy atom. The molecule has 4 nitrogen and oxygen atoms in total. The zero-order valence-corrected chi connectivity index (χ0v) is 10.7. The van der Waals surface area contributed by atoms with Gasteiger partial charge in [-0.25, -0.2) is 4.79 Å². The maximum Gasteiger partial charge on any atom is 0.372 e. The van der Waals surface area contributed by atoms with Crippen molar-refractivity contribution in [2.24, 2.45) is 0 Å². The first kappa shape index (κ1) is 12.5. The van der Waals surface area contributed by atoms with Crippen molar-refractivity contribution < 1.29 is 14.3 Å². The normalized spacial score (nSPS) is 17.2. The van der Waals surface area contributed by atoms with Crippen molar-refractivity contribution in [3.05, 3.63) is 23.2 Å². The third kappa shape index (κ3) is 3.26. The molecule has 0 unspecified atom stereocenters. The minimum atomic E-state index is -0.997. The van der Waals surface area contributed by atoms with Crippen LogP contribution < -0.4 is 5.32 Å². The van der Waals surface area contributed by atoms with Crippen molar-refractivity contribution in [3.8, 4) is 0 Å². The van der Waals surface area contributed by atoms with Crippen LogP contribution in [0.5, 0.6) is 0 Å². The van der Waals surface area contributed by atoms with E-state index in [1.165, 1.54) is 24.3 Å². The molecular formula is C12H17NO3S. The highest BCUT2D eigenvalue weighted by molar-refractivity contribution is 7.99. The van der Waals surface area contributed by atoms with E-state index in [1.807, 2.05) is 11.8 Å². The Labute approximate surface area is 105 Å². The number of nitrogens with one attached hydrogen (secondary N) is 1. The van der Waals surface area contributed by atoms with Gasteiger partial charge in [-0.2, -0.15) is 11.8 Å². The fourth-order valence-electron chi connectivity index (χ4n) is 1.99. The Morgan fingerprint density at radius 3 is 2.88 bits per heavy atom. The van der Waals surface area contributed by atoms with Crippen LogP contribution in [0.3, 0.4) is 0 Å². The second-order valence-corrected chi connectivity index (χ2v) is 5.52. The third-order valence-electron chi connectivity index (χ3n) is 2.95. The zero-order valence-electron chi connectivity index (χ0n) is 9.86. The van der Waals surface area contributed by atoms with E-state index in [0.717, 1.165) is 0 Å². The van der Waals surface area contributed by atoms with Crippen LogP contribution >= 0.6 is 11.8 Å². The van der Waals surface area contributed by atoms with Crippen molar-refractivity contribution >= 4 is 17.7 Å². The SMILES string of the molecule is Cc1cc(CNC2CCSCC2)oc1C(=O)O. The number of aryl methyl sites for hydroxylation is 1. The minimum absolute atomic E-state index is 0.0565. The van der Waals surface area contributed by atoms with Crippen LogP contribution in [-0.2, 0) is 6.54 Å². The largest absolute Gasteiger partial charge is 0.475 e. The molecule has 1 aliphatic heterocycles. The van der Waals surface area contributed by atoms with Crippen molar-refractivity contribution in [2.45, 2.75) is 32.4 Å². The van der Waals surface area contributed by atoms with Gasteiger partial charge < -0.3 is 14.8 Å². The number of carbonyl (C=O) groups is 1. The molecule has 5 heteroatoms. The number of carboxylic acid groups (broad SMARTS) is 1. The lowest BCUT2D eigenvalue weighted by Gasteiger charge is -2.21. The highest BCUT2D eigenvalue weighted by Crippen LogP contribution is 2.18. The lowest BCUT2D eigenvalue weighted by Crippen LogP contribution is -2.31. The molecule has 94 valence electrons. The molecule has 0 aromatic carbocycles. The van der Waals surface area contributed by atoms with E-state index in [0.29, 0.717) is 23.9 Å². The van der Waals surface area contributed by atoms with Crippen LogP contribution in [0, 0.1) is 6.92 Å². The van der Waals surface area contributed by atoms with Gasteiger partial charge in [-0.3, -0.25) is 0 Å². The van der Waals surface area contributed by atoms with Gasteiger partial charge >= 0.3 is 5.97 Å². The molecule has 1 aromatic rings. The van der Waals surface area contributed by atoms with Gasteiger partial charge in [0.1, 0.15) is 5.76 Å². The summed E-state index contributed by atoms with van der Waals surface area (Å²) in [4.78, 5) is 10.8. The Hall–Kier alpha value is -0.940. The minimum Gasteiger partial charge on any atom is -0.475 e. The second-order valence-electron chi connectivity index (χ2n) is 4.30. The van der Waals surface area contributed by atoms with Crippen LogP contribution in [-0.4, -0.2) is 28.6 Å². The lowest BCUT2D eigenvalue weighted by molar-refractivity contribution is 0.0659. The van der Waals surface area contributed by atoms with E-state index in [4.69, 9.17) is 9.52 Å². The molecule has 1 aromatic heterocycles. The highest BCUT2D eigenvalue weighted by Gasteiger charge is 2.16. The molecule has 1 aliphatic rings. The molecule has 0 spiro atoms. The fourth-order valence-corrected chi connectivity index (χ4v) is 3.10. The first-order valence-electron chi connectivity index (χ1n) is 5.80. The summed E-state index contributed by atoms with van der Waals surface area (Å²) in [6, 6.07) is 2.34. The summed E-state index contributed by atoms with van der Waals surface area (Å²) in [6.45, 7) is 2.37. The Bertz CT molecular complexity index is 396. The van der Waals surface area contributed by atoms with Gasteiger partial charge in [0, 0.05) is 11.6 Å². The summed E-state index contributed by atoms with van der Waals surface area (Å²) >= 11 is 1.99. The number of thioether (sulfide) groups is 1. The average Bonchev–Trinajstić information content (AvgIpc) is 2.69. The van der Waals surface area contributed by atoms with Crippen LogP contribution in [0.25, 0.3) is 0 Å². The van der Waals surface area contributed by atoms with Gasteiger partial charge in [-0.05, 0) is 37.3 Å². The molecule has 0 atom stereocenters. The summed E-state index contributed by atoms with van der Waals surface area (Å²) in [5.74, 6) is 2.17. The maximum absolute atomic E-state index is 10.8. The van der Waals surface area contributed by atoms with Crippen LogP contribution in [0.4, 0.5) is 0 Å². The first-order chi connectivity index (χ1) is 8.16. The standard InChI is InChI=1S/C12H17NO3S/c1-8-6-10(16-11(8)12(14)15)7-13-9-2-4-17-5-3-9/h6,9,13H,2-5,7H2,1H3,(H,14,15). The molecule has 0 radical (unpaired) electrons. The van der Waals surface area contributed by atoms with E-state index >= 15 is 0 Å². The molecule has 1 fully saturated rings. The Balaban J connectivity index is 1.90. The summed E-state index contributed by atoms with van der Waals surface area (Å²) in [5, 5.41) is 12.3. The average molecular weight is 255 g/mol. The number of rotatable bonds is 4. The summed E-state index contributed by atoms with van der Waals surface area (Å²) in [7, 11) is 0. The Kier molecular flexibility index (Phi) is 4.12. The van der Waals surface area contributed by atoms with Crippen LogP contribution in [0.15, 0.2) is 10.5 Å². The molecule has 1 saturated heterocycles. The molecule has 2 rings (SSSR count). The molecular weight excluding hydrogens is 238 g/mol. The fraction of sp³-hybridized carbons (Fsp3) is 0.583. The predicted molar refractivity (Wildman–Crippen MR) is 67.6 cm³/mol. The molecule has 0 aliphatic carbocycles. The monoisotopic (exact) mass is 255 g/mol. The van der Waals surface area contributed by atoms with Crippen LogP contribution in [0.2, 0.25) is 0 Å². The van der Waals surface area contributed by atoms with Gasteiger partial charge in [-0.15, -0.1) is 0 Å².